The lowest BCUT2D eigenvalue weighted by molar-refractivity contribution is -0.0699. The molecule has 3 heteroatoms. The van der Waals surface area contributed by atoms with E-state index in [4.69, 9.17) is 4.74 Å². The van der Waals surface area contributed by atoms with Crippen molar-refractivity contribution < 1.29 is 4.74 Å². The minimum atomic E-state index is 0.329. The van der Waals surface area contributed by atoms with Crippen molar-refractivity contribution in [1.29, 1.82) is 0 Å². The molecule has 0 aliphatic carbocycles. The molecule has 1 saturated heterocycles. The second kappa shape index (κ2) is 7.39. The molecule has 1 aromatic rings. The van der Waals surface area contributed by atoms with Gasteiger partial charge in [-0.2, -0.15) is 0 Å². The number of hydrogen-bond donors (Lipinski definition) is 1. The van der Waals surface area contributed by atoms with Crippen LogP contribution in [0, 0.1) is 13.8 Å². The molecule has 0 amide bonds. The van der Waals surface area contributed by atoms with Gasteiger partial charge in [0.15, 0.2) is 0 Å². The second-order valence-corrected chi connectivity index (χ2v) is 6.45. The molecule has 3 nitrogen and oxygen atoms in total. The summed E-state index contributed by atoms with van der Waals surface area (Å²) in [5.41, 5.74) is 4.14. The molecule has 1 fully saturated rings. The summed E-state index contributed by atoms with van der Waals surface area (Å²) in [6, 6.07) is 7.18. The average Bonchev–Trinajstić information content (AvgIpc) is 2.37. The lowest BCUT2D eigenvalue weighted by Crippen LogP contribution is -2.48. The molecular formula is C18H30N2O. The molecule has 1 aliphatic rings. The molecule has 1 aliphatic heterocycles. The molecule has 1 aromatic carbocycles. The molecule has 0 spiro atoms. The van der Waals surface area contributed by atoms with E-state index in [9.17, 15) is 0 Å². The Bertz CT molecular complexity index is 451. The van der Waals surface area contributed by atoms with E-state index in [1.165, 1.54) is 16.7 Å². The molecule has 0 bridgehead atoms. The van der Waals surface area contributed by atoms with Crippen LogP contribution in [-0.2, 0) is 4.74 Å². The average molecular weight is 290 g/mol. The maximum absolute atomic E-state index is 5.84. The first kappa shape index (κ1) is 16.5. The van der Waals surface area contributed by atoms with E-state index in [1.54, 1.807) is 0 Å². The highest BCUT2D eigenvalue weighted by Crippen LogP contribution is 2.22. The SMILES string of the molecule is CCNC(CN1CC(C)OC(C)C1)c1ccc(C)cc1C. The van der Waals surface area contributed by atoms with Gasteiger partial charge >= 0.3 is 0 Å². The highest BCUT2D eigenvalue weighted by Gasteiger charge is 2.25. The van der Waals surface area contributed by atoms with Crippen LogP contribution in [0.5, 0.6) is 0 Å². The predicted octanol–water partition coefficient (Wildman–Crippen LogP) is 3.06. The van der Waals surface area contributed by atoms with E-state index in [0.29, 0.717) is 18.2 Å². The first-order valence-electron chi connectivity index (χ1n) is 8.18. The molecule has 1 N–H and O–H groups in total. The second-order valence-electron chi connectivity index (χ2n) is 6.45. The highest BCUT2D eigenvalue weighted by molar-refractivity contribution is 5.33. The highest BCUT2D eigenvalue weighted by atomic mass is 16.5. The molecule has 0 saturated carbocycles. The van der Waals surface area contributed by atoms with Crippen molar-refractivity contribution in [3.05, 3.63) is 34.9 Å². The Morgan fingerprint density at radius 2 is 1.90 bits per heavy atom. The van der Waals surface area contributed by atoms with E-state index in [1.807, 2.05) is 0 Å². The van der Waals surface area contributed by atoms with Crippen LogP contribution in [0.25, 0.3) is 0 Å². The number of rotatable bonds is 5. The minimum absolute atomic E-state index is 0.329. The topological polar surface area (TPSA) is 24.5 Å². The molecule has 0 radical (unpaired) electrons. The van der Waals surface area contributed by atoms with E-state index in [-0.39, 0.29) is 0 Å². The Labute approximate surface area is 129 Å². The van der Waals surface area contributed by atoms with Gasteiger partial charge in [0.05, 0.1) is 12.2 Å². The van der Waals surface area contributed by atoms with Gasteiger partial charge in [-0.05, 0) is 45.4 Å². The van der Waals surface area contributed by atoms with E-state index >= 15 is 0 Å². The van der Waals surface area contributed by atoms with Crippen LogP contribution < -0.4 is 5.32 Å². The van der Waals surface area contributed by atoms with Crippen molar-refractivity contribution in [3.8, 4) is 0 Å². The van der Waals surface area contributed by atoms with Crippen LogP contribution >= 0.6 is 0 Å². The standard InChI is InChI=1S/C18H30N2O/c1-6-19-18(17-8-7-13(2)9-14(17)3)12-20-10-15(4)21-16(5)11-20/h7-9,15-16,18-19H,6,10-12H2,1-5H3. The number of benzene rings is 1. The molecule has 3 atom stereocenters. The van der Waals surface area contributed by atoms with Gasteiger partial charge in [-0.15, -0.1) is 0 Å². The van der Waals surface area contributed by atoms with Crippen LogP contribution in [0.2, 0.25) is 0 Å². The summed E-state index contributed by atoms with van der Waals surface area (Å²) in [5.74, 6) is 0. The van der Waals surface area contributed by atoms with Gasteiger partial charge in [0.1, 0.15) is 0 Å². The summed E-state index contributed by atoms with van der Waals surface area (Å²) in [7, 11) is 0. The number of nitrogens with zero attached hydrogens (tertiary/aromatic N) is 1. The monoisotopic (exact) mass is 290 g/mol. The number of morpholine rings is 1. The van der Waals surface area contributed by atoms with Crippen molar-refractivity contribution in [3.63, 3.8) is 0 Å². The fraction of sp³-hybridized carbons (Fsp3) is 0.667. The number of ether oxygens (including phenoxy) is 1. The van der Waals surface area contributed by atoms with Crippen LogP contribution in [0.15, 0.2) is 18.2 Å². The van der Waals surface area contributed by atoms with Crippen molar-refractivity contribution in [1.82, 2.24) is 10.2 Å². The smallest absolute Gasteiger partial charge is 0.0678 e. The van der Waals surface area contributed by atoms with Gasteiger partial charge in [-0.25, -0.2) is 0 Å². The Morgan fingerprint density at radius 3 is 2.48 bits per heavy atom. The lowest BCUT2D eigenvalue weighted by atomic mass is 9.98. The third-order valence-electron chi connectivity index (χ3n) is 4.19. The summed E-state index contributed by atoms with van der Waals surface area (Å²) in [4.78, 5) is 2.53. The normalized spacial score (nSPS) is 25.0. The van der Waals surface area contributed by atoms with Gasteiger partial charge in [0.25, 0.3) is 0 Å². The maximum Gasteiger partial charge on any atom is 0.0678 e. The number of aryl methyl sites for hydroxylation is 2. The fourth-order valence-corrected chi connectivity index (χ4v) is 3.43. The summed E-state index contributed by atoms with van der Waals surface area (Å²) >= 11 is 0. The van der Waals surface area contributed by atoms with Gasteiger partial charge in [-0.1, -0.05) is 30.7 Å². The third kappa shape index (κ3) is 4.53. The quantitative estimate of drug-likeness (QED) is 0.902. The third-order valence-corrected chi connectivity index (χ3v) is 4.19. The molecule has 118 valence electrons. The largest absolute Gasteiger partial charge is 0.373 e. The maximum atomic E-state index is 5.84. The van der Waals surface area contributed by atoms with E-state index < -0.39 is 0 Å². The summed E-state index contributed by atoms with van der Waals surface area (Å²) in [5, 5.41) is 3.65. The molecular weight excluding hydrogens is 260 g/mol. The van der Waals surface area contributed by atoms with Gasteiger partial charge in [0.2, 0.25) is 0 Å². The summed E-state index contributed by atoms with van der Waals surface area (Å²) in [6.07, 6.45) is 0.658. The van der Waals surface area contributed by atoms with E-state index in [2.05, 4.69) is 63.0 Å². The molecule has 0 aromatic heterocycles. The Kier molecular flexibility index (Phi) is 5.80. The van der Waals surface area contributed by atoms with Crippen molar-refractivity contribution in [2.75, 3.05) is 26.2 Å². The number of hydrogen-bond acceptors (Lipinski definition) is 3. The van der Waals surface area contributed by atoms with Crippen molar-refractivity contribution in [2.24, 2.45) is 0 Å². The summed E-state index contributed by atoms with van der Waals surface area (Å²) in [6.45, 7) is 15.0. The van der Waals surface area contributed by atoms with Crippen LogP contribution in [0.3, 0.4) is 0 Å². The lowest BCUT2D eigenvalue weighted by Gasteiger charge is -2.37. The zero-order valence-electron chi connectivity index (χ0n) is 14.1. The summed E-state index contributed by atoms with van der Waals surface area (Å²) < 4.78 is 5.84. The minimum Gasteiger partial charge on any atom is -0.373 e. The number of likely N-dealkylation sites (N-methyl/N-ethyl adjacent to an activating group) is 1. The Balaban J connectivity index is 2.11. The van der Waals surface area contributed by atoms with Crippen molar-refractivity contribution >= 4 is 0 Å². The molecule has 21 heavy (non-hydrogen) atoms. The van der Waals surface area contributed by atoms with Gasteiger partial charge in [-0.3, -0.25) is 4.90 Å². The van der Waals surface area contributed by atoms with Gasteiger partial charge < -0.3 is 10.1 Å². The fourth-order valence-electron chi connectivity index (χ4n) is 3.43. The van der Waals surface area contributed by atoms with Crippen LogP contribution in [0.1, 0.15) is 43.5 Å². The molecule has 3 unspecified atom stereocenters. The zero-order chi connectivity index (χ0) is 15.4. The number of nitrogens with one attached hydrogen (secondary N) is 1. The first-order valence-corrected chi connectivity index (χ1v) is 8.18. The Hall–Kier alpha value is -0.900. The van der Waals surface area contributed by atoms with Crippen LogP contribution in [0.4, 0.5) is 0 Å². The molecule has 2 rings (SSSR count). The van der Waals surface area contributed by atoms with Gasteiger partial charge in [0, 0.05) is 25.7 Å². The first-order chi connectivity index (χ1) is 9.99. The van der Waals surface area contributed by atoms with Crippen LogP contribution in [-0.4, -0.2) is 43.3 Å². The zero-order valence-corrected chi connectivity index (χ0v) is 14.1. The molecule has 1 heterocycles. The Morgan fingerprint density at radius 1 is 1.24 bits per heavy atom. The predicted molar refractivity (Wildman–Crippen MR) is 88.8 cm³/mol. The van der Waals surface area contributed by atoms with Crippen molar-refractivity contribution in [2.45, 2.75) is 52.9 Å². The van der Waals surface area contributed by atoms with E-state index in [0.717, 1.165) is 26.2 Å².